The van der Waals surface area contributed by atoms with Crippen LogP contribution in [-0.2, 0) is 15.9 Å². The Kier molecular flexibility index (Phi) is 5.31. The summed E-state index contributed by atoms with van der Waals surface area (Å²) in [4.78, 5) is 16.5. The molecule has 110 valence electrons. The summed E-state index contributed by atoms with van der Waals surface area (Å²) in [5, 5.41) is 5.84. The molecule has 1 aromatic heterocycles. The topological polar surface area (TPSA) is 72.5 Å². The monoisotopic (exact) mass is 279 g/mol. The minimum absolute atomic E-state index is 0.0658. The lowest BCUT2D eigenvalue weighted by molar-refractivity contribution is -0.0855. The van der Waals surface area contributed by atoms with E-state index in [0.29, 0.717) is 37.7 Å². The predicted molar refractivity (Wildman–Crippen MR) is 76.1 cm³/mol. The van der Waals surface area contributed by atoms with Gasteiger partial charge >= 0.3 is 0 Å². The first-order valence-electron chi connectivity index (χ1n) is 6.89. The van der Waals surface area contributed by atoms with Crippen molar-refractivity contribution in [2.45, 2.75) is 19.4 Å². The van der Waals surface area contributed by atoms with Gasteiger partial charge in [0, 0.05) is 24.8 Å². The molecule has 2 N–H and O–H groups in total. The van der Waals surface area contributed by atoms with Crippen LogP contribution in [0.4, 0.5) is 5.82 Å². The third kappa shape index (κ3) is 3.91. The molecule has 1 aromatic rings. The molecule has 6 heteroatoms. The van der Waals surface area contributed by atoms with Crippen molar-refractivity contribution in [1.82, 2.24) is 10.3 Å². The van der Waals surface area contributed by atoms with Gasteiger partial charge in [0.2, 0.25) is 0 Å². The fourth-order valence-corrected chi connectivity index (χ4v) is 1.99. The molecular weight excluding hydrogens is 258 g/mol. The molecule has 1 amide bonds. The largest absolute Gasteiger partial charge is 0.376 e. The van der Waals surface area contributed by atoms with Crippen molar-refractivity contribution in [2.75, 3.05) is 38.7 Å². The summed E-state index contributed by atoms with van der Waals surface area (Å²) in [6, 6.07) is 3.56. The van der Waals surface area contributed by atoms with Crippen molar-refractivity contribution in [3.05, 3.63) is 23.4 Å². The molecule has 0 spiro atoms. The zero-order valence-corrected chi connectivity index (χ0v) is 11.9. The Morgan fingerprint density at radius 3 is 2.95 bits per heavy atom. The Labute approximate surface area is 118 Å². The second-order valence-electron chi connectivity index (χ2n) is 4.61. The zero-order valence-electron chi connectivity index (χ0n) is 11.9. The predicted octanol–water partition coefficient (Wildman–Crippen LogP) is 0.831. The summed E-state index contributed by atoms with van der Waals surface area (Å²) in [5.41, 5.74) is 1.50. The molecule has 1 saturated heterocycles. The number of nitrogens with one attached hydrogen (secondary N) is 2. The molecule has 1 atom stereocenters. The highest BCUT2D eigenvalue weighted by Crippen LogP contribution is 2.11. The van der Waals surface area contributed by atoms with Gasteiger partial charge < -0.3 is 20.1 Å². The van der Waals surface area contributed by atoms with E-state index in [9.17, 15) is 4.79 Å². The fourth-order valence-electron chi connectivity index (χ4n) is 1.99. The normalized spacial score (nSPS) is 18.6. The van der Waals surface area contributed by atoms with Gasteiger partial charge in [0.1, 0.15) is 5.82 Å². The molecule has 2 heterocycles. The zero-order chi connectivity index (χ0) is 14.4. The highest BCUT2D eigenvalue weighted by atomic mass is 16.6. The lowest BCUT2D eigenvalue weighted by atomic mass is 10.1. The number of nitrogens with zero attached hydrogens (tertiary/aromatic N) is 1. The number of carbonyl (C=O) groups excluding carboxylic acids is 1. The van der Waals surface area contributed by atoms with Crippen LogP contribution >= 0.6 is 0 Å². The van der Waals surface area contributed by atoms with Gasteiger partial charge in [-0.15, -0.1) is 0 Å². The number of rotatable bonds is 5. The van der Waals surface area contributed by atoms with Crippen molar-refractivity contribution < 1.29 is 14.3 Å². The summed E-state index contributed by atoms with van der Waals surface area (Å²) in [6.07, 6.45) is 0.721. The second kappa shape index (κ2) is 7.21. The van der Waals surface area contributed by atoms with Crippen LogP contribution in [0.15, 0.2) is 12.1 Å². The van der Waals surface area contributed by atoms with Crippen LogP contribution in [0.2, 0.25) is 0 Å². The van der Waals surface area contributed by atoms with Gasteiger partial charge in [0.05, 0.1) is 25.9 Å². The molecule has 2 rings (SSSR count). The van der Waals surface area contributed by atoms with Crippen LogP contribution in [0.5, 0.6) is 0 Å². The van der Waals surface area contributed by atoms with Gasteiger partial charge in [-0.3, -0.25) is 4.79 Å². The molecule has 0 aromatic carbocycles. The standard InChI is InChI=1S/C14H21N3O3/c1-3-11-6-10(7-13(15-2)17-11)14(18)16-8-12-9-19-4-5-20-12/h6-7,12H,3-5,8-9H2,1-2H3,(H,15,17)(H,16,18). The molecule has 1 aliphatic heterocycles. The summed E-state index contributed by atoms with van der Waals surface area (Å²) in [7, 11) is 1.79. The van der Waals surface area contributed by atoms with Gasteiger partial charge in [0.15, 0.2) is 0 Å². The van der Waals surface area contributed by atoms with Gasteiger partial charge in [-0.1, -0.05) is 6.92 Å². The van der Waals surface area contributed by atoms with Crippen LogP contribution in [-0.4, -0.2) is 50.4 Å². The van der Waals surface area contributed by atoms with Crippen molar-refractivity contribution >= 4 is 11.7 Å². The quantitative estimate of drug-likeness (QED) is 0.835. The smallest absolute Gasteiger partial charge is 0.251 e. The van der Waals surface area contributed by atoms with E-state index in [2.05, 4.69) is 15.6 Å². The third-order valence-electron chi connectivity index (χ3n) is 3.13. The number of anilines is 1. The van der Waals surface area contributed by atoms with E-state index in [0.717, 1.165) is 12.1 Å². The molecule has 0 bridgehead atoms. The van der Waals surface area contributed by atoms with Gasteiger partial charge in [0.25, 0.3) is 5.91 Å². The molecule has 0 saturated carbocycles. The van der Waals surface area contributed by atoms with E-state index in [1.165, 1.54) is 0 Å². The Morgan fingerprint density at radius 2 is 2.30 bits per heavy atom. The fraction of sp³-hybridized carbons (Fsp3) is 0.571. The molecule has 0 radical (unpaired) electrons. The van der Waals surface area contributed by atoms with Gasteiger partial charge in [-0.2, -0.15) is 0 Å². The van der Waals surface area contributed by atoms with E-state index in [1.807, 2.05) is 13.0 Å². The molecular formula is C14H21N3O3. The highest BCUT2D eigenvalue weighted by Gasteiger charge is 2.16. The molecule has 0 aliphatic carbocycles. The first-order chi connectivity index (χ1) is 9.72. The summed E-state index contributed by atoms with van der Waals surface area (Å²) >= 11 is 0. The van der Waals surface area contributed by atoms with Crippen LogP contribution < -0.4 is 10.6 Å². The molecule has 1 unspecified atom stereocenters. The molecule has 6 nitrogen and oxygen atoms in total. The average Bonchev–Trinajstić information content (AvgIpc) is 2.52. The number of ether oxygens (including phenoxy) is 2. The number of hydrogen-bond donors (Lipinski definition) is 2. The first kappa shape index (κ1) is 14.7. The minimum Gasteiger partial charge on any atom is -0.376 e. The number of hydrogen-bond acceptors (Lipinski definition) is 5. The van der Waals surface area contributed by atoms with Gasteiger partial charge in [-0.05, 0) is 18.6 Å². The number of carbonyl (C=O) groups is 1. The Bertz CT molecular complexity index is 437. The maximum absolute atomic E-state index is 12.2. The summed E-state index contributed by atoms with van der Waals surface area (Å²) in [5.74, 6) is 0.583. The number of amides is 1. The lowest BCUT2D eigenvalue weighted by Gasteiger charge is -2.23. The summed E-state index contributed by atoms with van der Waals surface area (Å²) < 4.78 is 10.8. The number of aryl methyl sites for hydroxylation is 1. The van der Waals surface area contributed by atoms with E-state index >= 15 is 0 Å². The molecule has 1 aliphatic rings. The highest BCUT2D eigenvalue weighted by molar-refractivity contribution is 5.95. The SMILES string of the molecule is CCc1cc(C(=O)NCC2COCCO2)cc(NC)n1. The number of aromatic nitrogens is 1. The lowest BCUT2D eigenvalue weighted by Crippen LogP contribution is -2.39. The van der Waals surface area contributed by atoms with Crippen molar-refractivity contribution in [3.63, 3.8) is 0 Å². The van der Waals surface area contributed by atoms with Gasteiger partial charge in [-0.25, -0.2) is 4.98 Å². The summed E-state index contributed by atoms with van der Waals surface area (Å²) in [6.45, 7) is 4.20. The van der Waals surface area contributed by atoms with Crippen LogP contribution in [0, 0.1) is 0 Å². The van der Waals surface area contributed by atoms with E-state index < -0.39 is 0 Å². The Hall–Kier alpha value is -1.66. The molecule has 1 fully saturated rings. The maximum atomic E-state index is 12.2. The van der Waals surface area contributed by atoms with Crippen molar-refractivity contribution in [1.29, 1.82) is 0 Å². The van der Waals surface area contributed by atoms with Crippen LogP contribution in [0.1, 0.15) is 23.0 Å². The van der Waals surface area contributed by atoms with Crippen LogP contribution in [0.3, 0.4) is 0 Å². The average molecular weight is 279 g/mol. The minimum atomic E-state index is -0.118. The maximum Gasteiger partial charge on any atom is 0.251 e. The first-order valence-corrected chi connectivity index (χ1v) is 6.89. The number of pyridine rings is 1. The van der Waals surface area contributed by atoms with Crippen LogP contribution in [0.25, 0.3) is 0 Å². The van der Waals surface area contributed by atoms with Crippen molar-refractivity contribution in [3.8, 4) is 0 Å². The Morgan fingerprint density at radius 1 is 1.45 bits per heavy atom. The third-order valence-corrected chi connectivity index (χ3v) is 3.13. The second-order valence-corrected chi connectivity index (χ2v) is 4.61. The van der Waals surface area contributed by atoms with Crippen molar-refractivity contribution in [2.24, 2.45) is 0 Å². The van der Waals surface area contributed by atoms with E-state index in [-0.39, 0.29) is 12.0 Å². The van der Waals surface area contributed by atoms with E-state index in [1.54, 1.807) is 13.1 Å². The molecule has 20 heavy (non-hydrogen) atoms. The Balaban J connectivity index is 1.97. The van der Waals surface area contributed by atoms with E-state index in [4.69, 9.17) is 9.47 Å².